The SMILES string of the molecule is C[C@@H]1CN(S(=O)(=O)c2ccc(C(=O)NCc3ccccc3F)cc2)C[C@@H](C)O1. The van der Waals surface area contributed by atoms with Crippen LogP contribution in [0.4, 0.5) is 4.39 Å². The van der Waals surface area contributed by atoms with Gasteiger partial charge in [-0.2, -0.15) is 4.31 Å². The summed E-state index contributed by atoms with van der Waals surface area (Å²) in [7, 11) is -3.66. The fourth-order valence-electron chi connectivity index (χ4n) is 3.17. The van der Waals surface area contributed by atoms with E-state index in [2.05, 4.69) is 5.32 Å². The minimum Gasteiger partial charge on any atom is -0.373 e. The van der Waals surface area contributed by atoms with Crippen molar-refractivity contribution in [1.29, 1.82) is 0 Å². The number of halogens is 1. The second kappa shape index (κ2) is 8.38. The van der Waals surface area contributed by atoms with Gasteiger partial charge in [0.25, 0.3) is 5.91 Å². The van der Waals surface area contributed by atoms with E-state index in [4.69, 9.17) is 4.74 Å². The second-order valence-corrected chi connectivity index (χ2v) is 8.82. The van der Waals surface area contributed by atoms with Gasteiger partial charge in [-0.05, 0) is 44.2 Å². The summed E-state index contributed by atoms with van der Waals surface area (Å²) in [5.74, 6) is -0.793. The van der Waals surface area contributed by atoms with Crippen LogP contribution in [0, 0.1) is 5.82 Å². The van der Waals surface area contributed by atoms with Gasteiger partial charge in [0.1, 0.15) is 5.82 Å². The smallest absolute Gasteiger partial charge is 0.251 e. The van der Waals surface area contributed by atoms with Crippen molar-refractivity contribution in [2.24, 2.45) is 0 Å². The Morgan fingerprint density at radius 1 is 1.11 bits per heavy atom. The summed E-state index contributed by atoms with van der Waals surface area (Å²) in [5, 5.41) is 2.63. The number of sulfonamides is 1. The molecule has 2 aromatic carbocycles. The summed E-state index contributed by atoms with van der Waals surface area (Å²) in [6, 6.07) is 11.9. The zero-order valence-electron chi connectivity index (χ0n) is 15.8. The summed E-state index contributed by atoms with van der Waals surface area (Å²) in [6.45, 7) is 4.30. The van der Waals surface area contributed by atoms with Gasteiger partial charge in [-0.25, -0.2) is 12.8 Å². The van der Waals surface area contributed by atoms with E-state index in [1.165, 1.54) is 34.6 Å². The van der Waals surface area contributed by atoms with E-state index < -0.39 is 21.7 Å². The fraction of sp³-hybridized carbons (Fsp3) is 0.350. The monoisotopic (exact) mass is 406 g/mol. The first-order valence-corrected chi connectivity index (χ1v) is 10.5. The van der Waals surface area contributed by atoms with Crippen molar-refractivity contribution in [2.45, 2.75) is 37.5 Å². The Labute approximate surface area is 164 Å². The highest BCUT2D eigenvalue weighted by atomic mass is 32.2. The molecule has 1 saturated heterocycles. The molecule has 3 rings (SSSR count). The molecular weight excluding hydrogens is 383 g/mol. The number of rotatable bonds is 5. The number of amides is 1. The Morgan fingerprint density at radius 3 is 2.32 bits per heavy atom. The van der Waals surface area contributed by atoms with Crippen LogP contribution in [0.3, 0.4) is 0 Å². The number of hydrogen-bond acceptors (Lipinski definition) is 4. The molecule has 8 heteroatoms. The van der Waals surface area contributed by atoms with Crippen LogP contribution in [-0.4, -0.2) is 43.9 Å². The van der Waals surface area contributed by atoms with Crippen LogP contribution < -0.4 is 5.32 Å². The number of carbonyl (C=O) groups excluding carboxylic acids is 1. The zero-order chi connectivity index (χ0) is 20.3. The maximum atomic E-state index is 13.6. The molecule has 0 spiro atoms. The van der Waals surface area contributed by atoms with Gasteiger partial charge in [-0.3, -0.25) is 4.79 Å². The van der Waals surface area contributed by atoms with Crippen LogP contribution in [0.1, 0.15) is 29.8 Å². The second-order valence-electron chi connectivity index (χ2n) is 6.88. The molecule has 28 heavy (non-hydrogen) atoms. The molecule has 1 heterocycles. The minimum atomic E-state index is -3.66. The highest BCUT2D eigenvalue weighted by Gasteiger charge is 2.32. The van der Waals surface area contributed by atoms with Gasteiger partial charge in [0.2, 0.25) is 10.0 Å². The maximum Gasteiger partial charge on any atom is 0.251 e. The zero-order valence-corrected chi connectivity index (χ0v) is 16.6. The lowest BCUT2D eigenvalue weighted by Crippen LogP contribution is -2.48. The van der Waals surface area contributed by atoms with Gasteiger partial charge in [0.05, 0.1) is 17.1 Å². The van der Waals surface area contributed by atoms with Crippen LogP contribution in [0.5, 0.6) is 0 Å². The van der Waals surface area contributed by atoms with E-state index in [-0.39, 0.29) is 36.7 Å². The first-order valence-electron chi connectivity index (χ1n) is 9.04. The molecule has 0 aliphatic carbocycles. The molecular formula is C20H23FN2O4S. The van der Waals surface area contributed by atoms with Crippen LogP contribution in [0.25, 0.3) is 0 Å². The maximum absolute atomic E-state index is 13.6. The number of morpholine rings is 1. The van der Waals surface area contributed by atoms with E-state index in [0.717, 1.165) is 0 Å². The van der Waals surface area contributed by atoms with Crippen LogP contribution in [-0.2, 0) is 21.3 Å². The standard InChI is InChI=1S/C20H23FN2O4S/c1-14-12-23(13-15(2)27-14)28(25,26)18-9-7-16(8-10-18)20(24)22-11-17-5-3-4-6-19(17)21/h3-10,14-15H,11-13H2,1-2H3,(H,22,24)/t14-,15-/m1/s1. The third kappa shape index (κ3) is 4.57. The van der Waals surface area contributed by atoms with Crippen molar-refractivity contribution < 1.29 is 22.3 Å². The minimum absolute atomic E-state index is 0.0507. The van der Waals surface area contributed by atoms with Gasteiger partial charge in [-0.15, -0.1) is 0 Å². The van der Waals surface area contributed by atoms with E-state index in [0.29, 0.717) is 11.1 Å². The number of carbonyl (C=O) groups is 1. The summed E-state index contributed by atoms with van der Waals surface area (Å²) < 4.78 is 46.3. The van der Waals surface area contributed by atoms with E-state index in [1.54, 1.807) is 18.2 Å². The van der Waals surface area contributed by atoms with Crippen molar-refractivity contribution >= 4 is 15.9 Å². The van der Waals surface area contributed by atoms with Gasteiger partial charge in [0, 0.05) is 30.8 Å². The number of nitrogens with one attached hydrogen (secondary N) is 1. The predicted octanol–water partition coefficient (Wildman–Crippen LogP) is 2.55. The number of hydrogen-bond donors (Lipinski definition) is 1. The molecule has 1 aliphatic rings. The van der Waals surface area contributed by atoms with Gasteiger partial charge >= 0.3 is 0 Å². The largest absolute Gasteiger partial charge is 0.373 e. The highest BCUT2D eigenvalue weighted by molar-refractivity contribution is 7.89. The summed E-state index contributed by atoms with van der Waals surface area (Å²) >= 11 is 0. The number of benzene rings is 2. The molecule has 2 atom stereocenters. The summed E-state index contributed by atoms with van der Waals surface area (Å²) in [4.78, 5) is 12.4. The highest BCUT2D eigenvalue weighted by Crippen LogP contribution is 2.21. The van der Waals surface area contributed by atoms with Gasteiger partial charge < -0.3 is 10.1 Å². The quantitative estimate of drug-likeness (QED) is 0.828. The molecule has 1 aliphatic heterocycles. The lowest BCUT2D eigenvalue weighted by atomic mass is 10.2. The lowest BCUT2D eigenvalue weighted by Gasteiger charge is -2.34. The average Bonchev–Trinajstić information content (AvgIpc) is 2.66. The molecule has 0 aromatic heterocycles. The van der Waals surface area contributed by atoms with Crippen molar-refractivity contribution in [3.63, 3.8) is 0 Å². The van der Waals surface area contributed by atoms with E-state index >= 15 is 0 Å². The van der Waals surface area contributed by atoms with Crippen LogP contribution >= 0.6 is 0 Å². The summed E-state index contributed by atoms with van der Waals surface area (Å²) in [5.41, 5.74) is 0.685. The van der Waals surface area contributed by atoms with Crippen molar-refractivity contribution in [2.75, 3.05) is 13.1 Å². The van der Waals surface area contributed by atoms with E-state index in [9.17, 15) is 17.6 Å². The van der Waals surface area contributed by atoms with E-state index in [1.807, 2.05) is 13.8 Å². The van der Waals surface area contributed by atoms with Gasteiger partial charge in [0.15, 0.2) is 0 Å². The first-order chi connectivity index (χ1) is 13.3. The van der Waals surface area contributed by atoms with Crippen molar-refractivity contribution in [3.05, 3.63) is 65.5 Å². The Kier molecular flexibility index (Phi) is 6.12. The Morgan fingerprint density at radius 2 is 1.71 bits per heavy atom. The first kappa shape index (κ1) is 20.4. The molecule has 1 N–H and O–H groups in total. The molecule has 0 saturated carbocycles. The molecule has 150 valence electrons. The molecule has 0 unspecified atom stereocenters. The molecule has 6 nitrogen and oxygen atoms in total. The summed E-state index contributed by atoms with van der Waals surface area (Å²) in [6.07, 6.45) is -0.357. The Balaban J connectivity index is 1.68. The predicted molar refractivity (Wildman–Crippen MR) is 103 cm³/mol. The van der Waals surface area contributed by atoms with Crippen molar-refractivity contribution in [1.82, 2.24) is 9.62 Å². The topological polar surface area (TPSA) is 75.7 Å². The average molecular weight is 406 g/mol. The molecule has 0 radical (unpaired) electrons. The molecule has 2 aromatic rings. The van der Waals surface area contributed by atoms with Gasteiger partial charge in [-0.1, -0.05) is 18.2 Å². The Bertz CT molecular complexity index is 937. The normalized spacial score (nSPS) is 20.7. The number of ether oxygens (including phenoxy) is 1. The fourth-order valence-corrected chi connectivity index (χ4v) is 4.76. The molecule has 1 amide bonds. The molecule has 1 fully saturated rings. The third-order valence-electron chi connectivity index (χ3n) is 4.54. The van der Waals surface area contributed by atoms with Crippen LogP contribution in [0.15, 0.2) is 53.4 Å². The lowest BCUT2D eigenvalue weighted by molar-refractivity contribution is -0.0440. The molecule has 0 bridgehead atoms. The van der Waals surface area contributed by atoms with Crippen LogP contribution in [0.2, 0.25) is 0 Å². The number of nitrogens with zero attached hydrogens (tertiary/aromatic N) is 1. The Hall–Kier alpha value is -2.29. The van der Waals surface area contributed by atoms with Crippen molar-refractivity contribution in [3.8, 4) is 0 Å². The third-order valence-corrected chi connectivity index (χ3v) is 6.38.